The van der Waals surface area contributed by atoms with E-state index in [1.54, 1.807) is 6.20 Å². The van der Waals surface area contributed by atoms with Gasteiger partial charge in [0.15, 0.2) is 0 Å². The Morgan fingerprint density at radius 3 is 1.77 bits per heavy atom. The molecule has 1 N–H and O–H groups in total. The van der Waals surface area contributed by atoms with Crippen molar-refractivity contribution >= 4 is 5.91 Å². The zero-order valence-corrected chi connectivity index (χ0v) is 19.0. The maximum atomic E-state index is 11.8. The molecule has 0 radical (unpaired) electrons. The van der Waals surface area contributed by atoms with Crippen molar-refractivity contribution in [1.82, 2.24) is 10.3 Å². The van der Waals surface area contributed by atoms with Crippen molar-refractivity contribution in [2.75, 3.05) is 0 Å². The highest BCUT2D eigenvalue weighted by atomic mass is 16.1. The van der Waals surface area contributed by atoms with Gasteiger partial charge in [-0.25, -0.2) is 0 Å². The minimum Gasteiger partial charge on any atom is -0.350 e. The molecular formula is C28H38N2O. The van der Waals surface area contributed by atoms with Gasteiger partial charge in [-0.05, 0) is 57.1 Å². The van der Waals surface area contributed by atoms with Gasteiger partial charge in [0, 0.05) is 12.6 Å². The summed E-state index contributed by atoms with van der Waals surface area (Å²) in [5.41, 5.74) is 0.879. The highest BCUT2D eigenvalue weighted by molar-refractivity contribution is 5.75. The van der Waals surface area contributed by atoms with E-state index >= 15 is 0 Å². The summed E-state index contributed by atoms with van der Waals surface area (Å²) in [6.07, 6.45) is 35.2. The van der Waals surface area contributed by atoms with Gasteiger partial charge in [0.1, 0.15) is 0 Å². The first kappa shape index (κ1) is 26.1. The quantitative estimate of drug-likeness (QED) is 0.289. The largest absolute Gasteiger partial charge is 0.350 e. The van der Waals surface area contributed by atoms with Crippen molar-refractivity contribution in [2.24, 2.45) is 0 Å². The van der Waals surface area contributed by atoms with Crippen LogP contribution in [0.5, 0.6) is 0 Å². The van der Waals surface area contributed by atoms with Gasteiger partial charge in [-0.1, -0.05) is 85.9 Å². The van der Waals surface area contributed by atoms with Crippen LogP contribution in [0.3, 0.4) is 0 Å². The summed E-state index contributed by atoms with van der Waals surface area (Å²) < 4.78 is 0. The molecule has 1 heterocycles. The molecule has 0 saturated carbocycles. The highest BCUT2D eigenvalue weighted by Gasteiger charge is 1.99. The van der Waals surface area contributed by atoms with Crippen molar-refractivity contribution in [3.05, 3.63) is 103 Å². The molecular weight excluding hydrogens is 380 g/mol. The number of nitrogens with zero attached hydrogens (tertiary/aromatic N) is 1. The molecule has 0 fully saturated rings. The molecule has 0 bridgehead atoms. The zero-order chi connectivity index (χ0) is 22.2. The van der Waals surface area contributed by atoms with Crippen molar-refractivity contribution in [3.63, 3.8) is 0 Å². The van der Waals surface area contributed by atoms with E-state index in [1.165, 1.54) is 0 Å². The second-order valence-electron chi connectivity index (χ2n) is 7.05. The van der Waals surface area contributed by atoms with Crippen LogP contribution >= 0.6 is 0 Å². The fraction of sp³-hybridized carbons (Fsp3) is 0.357. The molecule has 1 aromatic rings. The lowest BCUT2D eigenvalue weighted by molar-refractivity contribution is -0.121. The lowest BCUT2D eigenvalue weighted by Crippen LogP contribution is -2.22. The third-order valence-corrected chi connectivity index (χ3v) is 4.33. The number of aromatic nitrogens is 1. The maximum Gasteiger partial charge on any atom is 0.220 e. The maximum absolute atomic E-state index is 11.8. The van der Waals surface area contributed by atoms with Crippen LogP contribution in [0, 0.1) is 0 Å². The summed E-state index contributed by atoms with van der Waals surface area (Å²) in [6.45, 7) is 2.64. The number of hydrogen-bond donors (Lipinski definition) is 1. The molecule has 0 atom stereocenters. The van der Waals surface area contributed by atoms with E-state index in [4.69, 9.17) is 0 Å². The van der Waals surface area contributed by atoms with Crippen LogP contribution < -0.4 is 5.32 Å². The predicted molar refractivity (Wildman–Crippen MR) is 134 cm³/mol. The van der Waals surface area contributed by atoms with E-state index in [2.05, 4.69) is 90.1 Å². The average Bonchev–Trinajstić information content (AvgIpc) is 2.80. The van der Waals surface area contributed by atoms with Crippen LogP contribution in [0.1, 0.15) is 64.0 Å². The number of hydrogen-bond acceptors (Lipinski definition) is 2. The fourth-order valence-electron chi connectivity index (χ4n) is 2.63. The molecule has 3 heteroatoms. The lowest BCUT2D eigenvalue weighted by Gasteiger charge is -2.03. The Labute approximate surface area is 189 Å². The molecule has 1 rings (SSSR count). The van der Waals surface area contributed by atoms with Gasteiger partial charge < -0.3 is 5.32 Å². The second-order valence-corrected chi connectivity index (χ2v) is 7.05. The smallest absolute Gasteiger partial charge is 0.220 e. The molecule has 0 aliphatic rings. The molecule has 166 valence electrons. The first-order chi connectivity index (χ1) is 15.3. The minimum atomic E-state index is 0.0604. The lowest BCUT2D eigenvalue weighted by atomic mass is 10.2. The Balaban J connectivity index is 1.96. The van der Waals surface area contributed by atoms with Crippen LogP contribution in [-0.2, 0) is 11.3 Å². The molecule has 0 spiro atoms. The molecule has 0 aromatic carbocycles. The van der Waals surface area contributed by atoms with E-state index in [0.29, 0.717) is 13.0 Å². The number of rotatable bonds is 16. The average molecular weight is 419 g/mol. The van der Waals surface area contributed by atoms with Gasteiger partial charge in [-0.3, -0.25) is 9.78 Å². The first-order valence-electron chi connectivity index (χ1n) is 11.4. The third kappa shape index (κ3) is 17.6. The van der Waals surface area contributed by atoms with Crippen molar-refractivity contribution in [3.8, 4) is 0 Å². The van der Waals surface area contributed by atoms with Gasteiger partial charge in [-0.2, -0.15) is 0 Å². The van der Waals surface area contributed by atoms with Crippen LogP contribution in [0.15, 0.2) is 97.3 Å². The summed E-state index contributed by atoms with van der Waals surface area (Å²) in [5.74, 6) is 0.0604. The van der Waals surface area contributed by atoms with Gasteiger partial charge in [0.25, 0.3) is 0 Å². The summed E-state index contributed by atoms with van der Waals surface area (Å²) in [4.78, 5) is 16.0. The number of carbonyl (C=O) groups excluding carboxylic acids is 1. The number of nitrogens with one attached hydrogen (secondary N) is 1. The van der Waals surface area contributed by atoms with E-state index in [0.717, 1.165) is 50.6 Å². The van der Waals surface area contributed by atoms with Crippen molar-refractivity contribution in [2.45, 2.75) is 64.8 Å². The molecule has 31 heavy (non-hydrogen) atoms. The van der Waals surface area contributed by atoms with Crippen LogP contribution in [-0.4, -0.2) is 10.9 Å². The fourth-order valence-corrected chi connectivity index (χ4v) is 2.63. The van der Waals surface area contributed by atoms with Gasteiger partial charge in [0.05, 0.1) is 12.2 Å². The van der Waals surface area contributed by atoms with Crippen LogP contribution in [0.25, 0.3) is 0 Å². The van der Waals surface area contributed by atoms with Gasteiger partial charge in [0.2, 0.25) is 5.91 Å². The zero-order valence-electron chi connectivity index (χ0n) is 19.0. The van der Waals surface area contributed by atoms with Gasteiger partial charge >= 0.3 is 0 Å². The number of carbonyl (C=O) groups is 1. The molecule has 1 aromatic heterocycles. The Hall–Kier alpha value is -2.94. The molecule has 0 saturated heterocycles. The standard InChI is InChI=1S/C28H38N2O/c1-2-3-4-5-6-7-8-9-10-11-12-13-14-15-16-17-18-19-20-24-28(31)30-26-27-23-21-22-25-29-27/h3-4,6-7,9-10,12-13,15-16,18-19,21-23,25H,2,5,8,11,14,17,20,24,26H2,1H3,(H,30,31)/b4-3+,7-6+,10-9+,13-12+,16-15+,19-18+. The summed E-state index contributed by atoms with van der Waals surface area (Å²) >= 11 is 0. The number of allylic oxidation sites excluding steroid dienone is 12. The molecule has 0 aliphatic carbocycles. The monoisotopic (exact) mass is 418 g/mol. The van der Waals surface area contributed by atoms with Crippen LogP contribution in [0.4, 0.5) is 0 Å². The molecule has 0 unspecified atom stereocenters. The minimum absolute atomic E-state index is 0.0604. The highest BCUT2D eigenvalue weighted by Crippen LogP contribution is 1.98. The predicted octanol–water partition coefficient (Wildman–Crippen LogP) is 7.18. The van der Waals surface area contributed by atoms with E-state index < -0.39 is 0 Å². The Morgan fingerprint density at radius 1 is 0.774 bits per heavy atom. The van der Waals surface area contributed by atoms with E-state index in [1.807, 2.05) is 18.2 Å². The van der Waals surface area contributed by atoms with Crippen LogP contribution in [0.2, 0.25) is 0 Å². The van der Waals surface area contributed by atoms with Gasteiger partial charge in [-0.15, -0.1) is 0 Å². The Bertz CT molecular complexity index is 740. The normalized spacial score (nSPS) is 12.5. The summed E-state index contributed by atoms with van der Waals surface area (Å²) in [5, 5.41) is 2.89. The first-order valence-corrected chi connectivity index (χ1v) is 11.4. The third-order valence-electron chi connectivity index (χ3n) is 4.33. The van der Waals surface area contributed by atoms with E-state index in [9.17, 15) is 4.79 Å². The number of amides is 1. The number of pyridine rings is 1. The second kappa shape index (κ2) is 20.3. The molecule has 3 nitrogen and oxygen atoms in total. The summed E-state index contributed by atoms with van der Waals surface area (Å²) in [7, 11) is 0. The van der Waals surface area contributed by atoms with Crippen molar-refractivity contribution in [1.29, 1.82) is 0 Å². The SMILES string of the molecule is CC/C=C/C/C=C/C/C=C/C/C=C/C/C=C/C/C=C/CCC(=O)NCc1ccccn1. The topological polar surface area (TPSA) is 42.0 Å². The van der Waals surface area contributed by atoms with Crippen molar-refractivity contribution < 1.29 is 4.79 Å². The molecule has 0 aliphatic heterocycles. The van der Waals surface area contributed by atoms with E-state index in [-0.39, 0.29) is 5.91 Å². The Kier molecular flexibility index (Phi) is 17.1. The molecule has 1 amide bonds. The Morgan fingerprint density at radius 2 is 1.29 bits per heavy atom. The summed E-state index contributed by atoms with van der Waals surface area (Å²) in [6, 6.07) is 5.70.